The van der Waals surface area contributed by atoms with Gasteiger partial charge in [-0.2, -0.15) is 0 Å². The van der Waals surface area contributed by atoms with Crippen molar-refractivity contribution in [1.82, 2.24) is 10.2 Å². The third kappa shape index (κ3) is 5.38. The van der Waals surface area contributed by atoms with E-state index in [0.29, 0.717) is 15.8 Å². The molecule has 1 N–H and O–H groups in total. The van der Waals surface area contributed by atoms with Crippen LogP contribution in [0.2, 0.25) is 0 Å². The van der Waals surface area contributed by atoms with Crippen LogP contribution in [0.25, 0.3) is 6.08 Å². The molecule has 1 heterocycles. The highest BCUT2D eigenvalue weighted by molar-refractivity contribution is 7.18. The van der Waals surface area contributed by atoms with Gasteiger partial charge in [0.1, 0.15) is 0 Å². The quantitative estimate of drug-likeness (QED) is 0.303. The Morgan fingerprint density at radius 3 is 2.67 bits per heavy atom. The minimum absolute atomic E-state index is 0.0191. The third-order valence-electron chi connectivity index (χ3n) is 3.28. The van der Waals surface area contributed by atoms with Gasteiger partial charge in [0, 0.05) is 24.4 Å². The number of nitrogens with one attached hydrogen (secondary N) is 1. The number of rotatable bonds is 6. The summed E-state index contributed by atoms with van der Waals surface area (Å²) in [5.74, 6) is -0.329. The maximum absolute atomic E-state index is 11.9. The zero-order chi connectivity index (χ0) is 19.1. The van der Waals surface area contributed by atoms with Crippen molar-refractivity contribution < 1.29 is 9.72 Å². The number of nitro benzene ring substituents is 1. The van der Waals surface area contributed by atoms with Gasteiger partial charge in [-0.1, -0.05) is 53.8 Å². The van der Waals surface area contributed by atoms with Crippen molar-refractivity contribution in [2.24, 2.45) is 4.99 Å². The van der Waals surface area contributed by atoms with Crippen LogP contribution >= 0.6 is 11.3 Å². The largest absolute Gasteiger partial charge is 0.297 e. The van der Waals surface area contributed by atoms with Gasteiger partial charge in [-0.3, -0.25) is 20.2 Å². The van der Waals surface area contributed by atoms with Gasteiger partial charge in [-0.25, -0.2) is 4.99 Å². The van der Waals surface area contributed by atoms with Gasteiger partial charge < -0.3 is 0 Å². The molecule has 0 fully saturated rings. The highest BCUT2D eigenvalue weighted by Gasteiger charge is 2.06. The van der Waals surface area contributed by atoms with Gasteiger partial charge in [-0.15, -0.1) is 10.2 Å². The first-order chi connectivity index (χ1) is 13.1. The molecule has 0 aliphatic carbocycles. The number of aliphatic imine (C=N–C) groups is 1. The fraction of sp³-hybridized carbons (Fsp3) is 0. The van der Waals surface area contributed by atoms with E-state index in [-0.39, 0.29) is 11.6 Å². The molecule has 0 aliphatic heterocycles. The molecular weight excluding hydrogens is 366 g/mol. The summed E-state index contributed by atoms with van der Waals surface area (Å²) < 4.78 is 0. The van der Waals surface area contributed by atoms with Crippen molar-refractivity contribution in [3.63, 3.8) is 0 Å². The molecule has 9 heteroatoms. The van der Waals surface area contributed by atoms with Gasteiger partial charge in [-0.05, 0) is 17.2 Å². The van der Waals surface area contributed by atoms with Crippen LogP contribution < -0.4 is 5.32 Å². The molecule has 1 aromatic heterocycles. The summed E-state index contributed by atoms with van der Waals surface area (Å²) in [7, 11) is 0. The van der Waals surface area contributed by atoms with E-state index in [1.54, 1.807) is 18.2 Å². The summed E-state index contributed by atoms with van der Waals surface area (Å²) >= 11 is 1.09. The summed E-state index contributed by atoms with van der Waals surface area (Å²) in [6.07, 6.45) is 4.55. The minimum atomic E-state index is -0.473. The number of nitrogens with zero attached hydrogens (tertiary/aromatic N) is 4. The van der Waals surface area contributed by atoms with Crippen molar-refractivity contribution in [1.29, 1.82) is 0 Å². The van der Waals surface area contributed by atoms with Gasteiger partial charge in [0.2, 0.25) is 16.2 Å². The van der Waals surface area contributed by atoms with E-state index in [1.165, 1.54) is 24.4 Å². The Morgan fingerprint density at radius 2 is 1.89 bits per heavy atom. The molecular formula is C18H13N5O3S. The first-order valence-electron chi connectivity index (χ1n) is 7.76. The molecule has 0 unspecified atom stereocenters. The molecule has 8 nitrogen and oxygen atoms in total. The maximum Gasteiger partial charge on any atom is 0.270 e. The van der Waals surface area contributed by atoms with Crippen LogP contribution in [0.5, 0.6) is 0 Å². The number of amides is 1. The summed E-state index contributed by atoms with van der Waals surface area (Å²) in [6.45, 7) is 0. The van der Waals surface area contributed by atoms with Gasteiger partial charge in [0.05, 0.1) is 4.92 Å². The summed E-state index contributed by atoms with van der Waals surface area (Å²) in [4.78, 5) is 26.3. The molecule has 0 saturated carbocycles. The fourth-order valence-electron chi connectivity index (χ4n) is 2.05. The number of nitro groups is 1. The van der Waals surface area contributed by atoms with Crippen LogP contribution in [-0.2, 0) is 4.79 Å². The van der Waals surface area contributed by atoms with Crippen LogP contribution in [0.4, 0.5) is 16.0 Å². The van der Waals surface area contributed by atoms with Gasteiger partial charge in [0.25, 0.3) is 5.69 Å². The predicted octanol–water partition coefficient (Wildman–Crippen LogP) is 3.85. The van der Waals surface area contributed by atoms with E-state index in [2.05, 4.69) is 20.5 Å². The summed E-state index contributed by atoms with van der Waals surface area (Å²) in [5.41, 5.74) is 1.46. The summed E-state index contributed by atoms with van der Waals surface area (Å²) in [6, 6.07) is 15.5. The molecule has 0 spiro atoms. The zero-order valence-corrected chi connectivity index (χ0v) is 14.7. The maximum atomic E-state index is 11.9. The van der Waals surface area contributed by atoms with Crippen molar-refractivity contribution in [3.8, 4) is 0 Å². The van der Waals surface area contributed by atoms with E-state index in [9.17, 15) is 14.9 Å². The number of benzene rings is 2. The molecule has 0 atom stereocenters. The van der Waals surface area contributed by atoms with Crippen molar-refractivity contribution in [2.75, 3.05) is 5.32 Å². The lowest BCUT2D eigenvalue weighted by atomic mass is 10.2. The average Bonchev–Trinajstić information content (AvgIpc) is 3.13. The highest BCUT2D eigenvalue weighted by Crippen LogP contribution is 2.23. The topological polar surface area (TPSA) is 110 Å². The number of hydrogen-bond donors (Lipinski definition) is 1. The lowest BCUT2D eigenvalue weighted by Crippen LogP contribution is -2.07. The monoisotopic (exact) mass is 379 g/mol. The molecule has 0 bridgehead atoms. The van der Waals surface area contributed by atoms with Crippen LogP contribution in [-0.4, -0.2) is 27.2 Å². The second kappa shape index (κ2) is 8.59. The average molecular weight is 379 g/mol. The lowest BCUT2D eigenvalue weighted by molar-refractivity contribution is -0.384. The van der Waals surface area contributed by atoms with Crippen molar-refractivity contribution >= 4 is 45.5 Å². The predicted molar refractivity (Wildman–Crippen MR) is 104 cm³/mol. The molecule has 27 heavy (non-hydrogen) atoms. The van der Waals surface area contributed by atoms with Gasteiger partial charge in [0.15, 0.2) is 0 Å². The van der Waals surface area contributed by atoms with Crippen LogP contribution in [0.1, 0.15) is 11.1 Å². The number of hydrogen-bond acceptors (Lipinski definition) is 7. The smallest absolute Gasteiger partial charge is 0.270 e. The fourth-order valence-corrected chi connectivity index (χ4v) is 2.64. The third-order valence-corrected chi connectivity index (χ3v) is 4.02. The van der Waals surface area contributed by atoms with E-state index in [4.69, 9.17) is 0 Å². The van der Waals surface area contributed by atoms with E-state index in [0.717, 1.165) is 16.9 Å². The molecule has 134 valence electrons. The molecule has 3 rings (SSSR count). The Hall–Kier alpha value is -3.72. The Bertz CT molecular complexity index is 1010. The van der Waals surface area contributed by atoms with E-state index in [1.807, 2.05) is 30.3 Å². The Kier molecular flexibility index (Phi) is 5.75. The first kappa shape index (κ1) is 18.1. The number of anilines is 1. The number of aromatic nitrogens is 2. The van der Waals surface area contributed by atoms with Crippen molar-refractivity contribution in [2.45, 2.75) is 0 Å². The lowest BCUT2D eigenvalue weighted by Gasteiger charge is -1.94. The highest BCUT2D eigenvalue weighted by atomic mass is 32.1. The SMILES string of the molecule is O=C(/C=C/c1ccccc1)Nc1nnc(N=Cc2cccc([N+](=O)[O-])c2)s1. The molecule has 0 saturated heterocycles. The van der Waals surface area contributed by atoms with Crippen LogP contribution in [0, 0.1) is 10.1 Å². The second-order valence-corrected chi connectivity index (χ2v) is 6.19. The van der Waals surface area contributed by atoms with Crippen LogP contribution in [0.15, 0.2) is 65.7 Å². The molecule has 1 amide bonds. The molecule has 0 radical (unpaired) electrons. The standard InChI is InChI=1S/C18H13N5O3S/c24-16(10-9-13-5-2-1-3-6-13)20-18-22-21-17(27-18)19-12-14-7-4-8-15(11-14)23(25)26/h1-12H,(H,20,22,24)/b10-9+,19-12?. The van der Waals surface area contributed by atoms with Crippen LogP contribution in [0.3, 0.4) is 0 Å². The van der Waals surface area contributed by atoms with E-state index < -0.39 is 4.92 Å². The molecule has 0 aliphatic rings. The normalized spacial score (nSPS) is 11.1. The summed E-state index contributed by atoms with van der Waals surface area (Å²) in [5, 5.41) is 21.7. The van der Waals surface area contributed by atoms with E-state index >= 15 is 0 Å². The number of carbonyl (C=O) groups is 1. The minimum Gasteiger partial charge on any atom is -0.297 e. The Balaban J connectivity index is 1.61. The molecule has 2 aromatic carbocycles. The zero-order valence-electron chi connectivity index (χ0n) is 13.9. The first-order valence-corrected chi connectivity index (χ1v) is 8.58. The second-order valence-electron chi connectivity index (χ2n) is 5.23. The number of carbonyl (C=O) groups excluding carboxylic acids is 1. The Labute approximate surface area is 158 Å². The molecule has 3 aromatic rings. The number of non-ortho nitro benzene ring substituents is 1. The Morgan fingerprint density at radius 1 is 1.11 bits per heavy atom. The van der Waals surface area contributed by atoms with Crippen molar-refractivity contribution in [3.05, 3.63) is 81.9 Å². The van der Waals surface area contributed by atoms with Gasteiger partial charge >= 0.3 is 0 Å².